The molecule has 2 aromatic carbocycles. The minimum Gasteiger partial charge on any atom is -0.494 e. The number of nitrogens with one attached hydrogen (secondary N) is 2. The van der Waals surface area contributed by atoms with Crippen molar-refractivity contribution in [3.05, 3.63) is 54.1 Å². The normalized spacial score (nSPS) is 11.2. The van der Waals surface area contributed by atoms with Gasteiger partial charge in [0.25, 0.3) is 11.8 Å². The summed E-state index contributed by atoms with van der Waals surface area (Å²) < 4.78 is 16.3. The molecule has 0 saturated heterocycles. The summed E-state index contributed by atoms with van der Waals surface area (Å²) in [4.78, 5) is 23.8. The lowest BCUT2D eigenvalue weighted by Crippen LogP contribution is -2.48. The van der Waals surface area contributed by atoms with Crippen LogP contribution >= 0.6 is 0 Å². The van der Waals surface area contributed by atoms with Crippen molar-refractivity contribution >= 4 is 11.8 Å². The molecule has 0 aliphatic carbocycles. The molecule has 2 aromatic rings. The van der Waals surface area contributed by atoms with E-state index in [0.717, 1.165) is 11.3 Å². The highest BCUT2D eigenvalue weighted by atomic mass is 16.5. The van der Waals surface area contributed by atoms with Gasteiger partial charge in [-0.15, -0.1) is 0 Å². The van der Waals surface area contributed by atoms with Crippen LogP contribution in [0, 0.1) is 6.92 Å². The van der Waals surface area contributed by atoms with Crippen molar-refractivity contribution < 1.29 is 23.8 Å². The molecule has 0 heterocycles. The van der Waals surface area contributed by atoms with Crippen LogP contribution in [-0.4, -0.2) is 31.1 Å². The molecule has 0 saturated carbocycles. The first-order valence-electron chi connectivity index (χ1n) is 8.66. The number of hydrogen-bond acceptors (Lipinski definition) is 5. The van der Waals surface area contributed by atoms with Gasteiger partial charge in [-0.05, 0) is 56.7 Å². The molecule has 1 atom stereocenters. The predicted molar refractivity (Wildman–Crippen MR) is 101 cm³/mol. The second kappa shape index (κ2) is 10.1. The molecule has 7 heteroatoms. The van der Waals surface area contributed by atoms with E-state index in [0.29, 0.717) is 18.1 Å². The van der Waals surface area contributed by atoms with Crippen molar-refractivity contribution in [2.24, 2.45) is 0 Å². The number of amides is 2. The standard InChI is InChI=1S/C20H24N2O5/c1-4-25-16-9-11-17(12-10-16)27-15(3)20(24)22-21-19(23)13-26-18-8-6-5-7-14(18)2/h5-12,15H,4,13H2,1-3H3,(H,21,23)(H,22,24)/t15-/m1/s1. The molecule has 0 bridgehead atoms. The number of aryl methyl sites for hydroxylation is 1. The molecule has 0 unspecified atom stereocenters. The van der Waals surface area contributed by atoms with Crippen LogP contribution in [0.4, 0.5) is 0 Å². The zero-order valence-electron chi connectivity index (χ0n) is 15.7. The molecule has 27 heavy (non-hydrogen) atoms. The molecule has 2 rings (SSSR count). The fourth-order valence-corrected chi connectivity index (χ4v) is 2.17. The van der Waals surface area contributed by atoms with Crippen LogP contribution < -0.4 is 25.1 Å². The maximum atomic E-state index is 12.0. The van der Waals surface area contributed by atoms with E-state index in [9.17, 15) is 9.59 Å². The zero-order chi connectivity index (χ0) is 19.6. The Hall–Kier alpha value is -3.22. The number of carbonyl (C=O) groups excluding carboxylic acids is 2. The van der Waals surface area contributed by atoms with E-state index in [4.69, 9.17) is 14.2 Å². The summed E-state index contributed by atoms with van der Waals surface area (Å²) in [6, 6.07) is 14.3. The Morgan fingerprint density at radius 3 is 2.30 bits per heavy atom. The van der Waals surface area contributed by atoms with Gasteiger partial charge in [0.1, 0.15) is 17.2 Å². The topological polar surface area (TPSA) is 85.9 Å². The minimum atomic E-state index is -0.791. The highest BCUT2D eigenvalue weighted by Gasteiger charge is 2.15. The van der Waals surface area contributed by atoms with Crippen LogP contribution in [0.15, 0.2) is 48.5 Å². The Morgan fingerprint density at radius 1 is 0.963 bits per heavy atom. The first-order valence-corrected chi connectivity index (χ1v) is 8.66. The van der Waals surface area contributed by atoms with E-state index >= 15 is 0 Å². The summed E-state index contributed by atoms with van der Waals surface area (Å²) in [5.74, 6) is 0.914. The Bertz CT molecular complexity index is 761. The summed E-state index contributed by atoms with van der Waals surface area (Å²) in [7, 11) is 0. The average molecular weight is 372 g/mol. The second-order valence-corrected chi connectivity index (χ2v) is 5.76. The van der Waals surface area contributed by atoms with E-state index in [1.165, 1.54) is 0 Å². The number of para-hydroxylation sites is 1. The molecule has 7 nitrogen and oxygen atoms in total. The second-order valence-electron chi connectivity index (χ2n) is 5.76. The van der Waals surface area contributed by atoms with Gasteiger partial charge in [0.2, 0.25) is 0 Å². The van der Waals surface area contributed by atoms with Crippen LogP contribution in [0.1, 0.15) is 19.4 Å². The van der Waals surface area contributed by atoms with Crippen molar-refractivity contribution in [2.75, 3.05) is 13.2 Å². The summed E-state index contributed by atoms with van der Waals surface area (Å²) in [6.07, 6.45) is -0.791. The monoisotopic (exact) mass is 372 g/mol. The molecular formula is C20H24N2O5. The summed E-state index contributed by atoms with van der Waals surface area (Å²) in [6.45, 7) is 5.74. The first-order chi connectivity index (χ1) is 13.0. The molecule has 0 aliphatic heterocycles. The Labute approximate surface area is 158 Å². The van der Waals surface area contributed by atoms with Crippen LogP contribution in [0.5, 0.6) is 17.2 Å². The molecule has 0 fully saturated rings. The molecule has 144 valence electrons. The van der Waals surface area contributed by atoms with E-state index in [2.05, 4.69) is 10.9 Å². The molecule has 2 N–H and O–H groups in total. The number of carbonyl (C=O) groups is 2. The third-order valence-electron chi connectivity index (χ3n) is 3.59. The van der Waals surface area contributed by atoms with Gasteiger partial charge in [-0.25, -0.2) is 0 Å². The fraction of sp³-hybridized carbons (Fsp3) is 0.300. The fourth-order valence-electron chi connectivity index (χ4n) is 2.17. The van der Waals surface area contributed by atoms with Gasteiger partial charge in [0.15, 0.2) is 12.7 Å². The lowest BCUT2D eigenvalue weighted by molar-refractivity contribution is -0.133. The number of rotatable bonds is 8. The van der Waals surface area contributed by atoms with Gasteiger partial charge in [0, 0.05) is 0 Å². The van der Waals surface area contributed by atoms with E-state index in [-0.39, 0.29) is 6.61 Å². The zero-order valence-corrected chi connectivity index (χ0v) is 15.7. The summed E-state index contributed by atoms with van der Waals surface area (Å²) in [5, 5.41) is 0. The first kappa shape index (κ1) is 20.1. The van der Waals surface area contributed by atoms with Crippen molar-refractivity contribution in [3.8, 4) is 17.2 Å². The lowest BCUT2D eigenvalue weighted by atomic mass is 10.2. The highest BCUT2D eigenvalue weighted by molar-refractivity contribution is 5.85. The largest absolute Gasteiger partial charge is 0.494 e. The van der Waals surface area contributed by atoms with Gasteiger partial charge in [-0.1, -0.05) is 18.2 Å². The molecular weight excluding hydrogens is 348 g/mol. The number of hydrogen-bond donors (Lipinski definition) is 2. The number of benzene rings is 2. The third kappa shape index (κ3) is 6.54. The predicted octanol–water partition coefficient (Wildman–Crippen LogP) is 2.39. The number of hydrazine groups is 1. The highest BCUT2D eigenvalue weighted by Crippen LogP contribution is 2.18. The van der Waals surface area contributed by atoms with Gasteiger partial charge in [0.05, 0.1) is 6.61 Å². The van der Waals surface area contributed by atoms with E-state index in [1.807, 2.05) is 32.0 Å². The van der Waals surface area contributed by atoms with Gasteiger partial charge in [-0.3, -0.25) is 20.4 Å². The quantitative estimate of drug-likeness (QED) is 0.695. The van der Waals surface area contributed by atoms with Crippen molar-refractivity contribution in [1.82, 2.24) is 10.9 Å². The minimum absolute atomic E-state index is 0.209. The smallest absolute Gasteiger partial charge is 0.279 e. The van der Waals surface area contributed by atoms with Gasteiger partial charge >= 0.3 is 0 Å². The van der Waals surface area contributed by atoms with Crippen LogP contribution in [0.3, 0.4) is 0 Å². The average Bonchev–Trinajstić information content (AvgIpc) is 2.67. The maximum Gasteiger partial charge on any atom is 0.279 e. The van der Waals surface area contributed by atoms with Crippen molar-refractivity contribution in [3.63, 3.8) is 0 Å². The molecule has 0 aliphatic rings. The van der Waals surface area contributed by atoms with Crippen LogP contribution in [0.2, 0.25) is 0 Å². The Kier molecular flexibility index (Phi) is 7.49. The molecule has 0 spiro atoms. The molecule has 2 amide bonds. The summed E-state index contributed by atoms with van der Waals surface area (Å²) in [5.41, 5.74) is 5.54. The summed E-state index contributed by atoms with van der Waals surface area (Å²) >= 11 is 0. The van der Waals surface area contributed by atoms with Gasteiger partial charge in [-0.2, -0.15) is 0 Å². The molecule has 0 radical (unpaired) electrons. The Morgan fingerprint density at radius 2 is 1.63 bits per heavy atom. The van der Waals surface area contributed by atoms with Crippen molar-refractivity contribution in [1.29, 1.82) is 0 Å². The molecule has 0 aromatic heterocycles. The Balaban J connectivity index is 1.73. The van der Waals surface area contributed by atoms with Crippen molar-refractivity contribution in [2.45, 2.75) is 26.9 Å². The van der Waals surface area contributed by atoms with Gasteiger partial charge < -0.3 is 14.2 Å². The lowest BCUT2D eigenvalue weighted by Gasteiger charge is -2.15. The SMILES string of the molecule is CCOc1ccc(O[C@H](C)C(=O)NNC(=O)COc2ccccc2C)cc1. The van der Waals surface area contributed by atoms with Crippen LogP contribution in [0.25, 0.3) is 0 Å². The maximum absolute atomic E-state index is 12.0. The number of ether oxygens (including phenoxy) is 3. The van der Waals surface area contributed by atoms with E-state index < -0.39 is 17.9 Å². The third-order valence-corrected chi connectivity index (χ3v) is 3.59. The van der Waals surface area contributed by atoms with Crippen LogP contribution in [-0.2, 0) is 9.59 Å². The van der Waals surface area contributed by atoms with E-state index in [1.54, 1.807) is 37.3 Å².